The number of benzene rings is 2. The second-order valence-electron chi connectivity index (χ2n) is 4.89. The van der Waals surface area contributed by atoms with Crippen LogP contribution in [0.3, 0.4) is 0 Å². The monoisotopic (exact) mass is 354 g/mol. The number of carbonyl (C=O) groups excluding carboxylic acids is 2. The molecule has 126 valence electrons. The summed E-state index contributed by atoms with van der Waals surface area (Å²) in [6, 6.07) is 7.63. The van der Waals surface area contributed by atoms with E-state index in [1.807, 2.05) is 0 Å². The third-order valence-corrected chi connectivity index (χ3v) is 4.22. The van der Waals surface area contributed by atoms with Gasteiger partial charge in [0.2, 0.25) is 5.78 Å². The summed E-state index contributed by atoms with van der Waals surface area (Å²) in [5, 5.41) is 0. The van der Waals surface area contributed by atoms with E-state index in [1.54, 1.807) is 0 Å². The average Bonchev–Trinajstić information content (AvgIpc) is 2.53. The predicted octanol–water partition coefficient (Wildman–Crippen LogP) is 2.41. The molecule has 0 N–H and O–H groups in total. The Bertz CT molecular complexity index is 906. The van der Waals surface area contributed by atoms with Crippen molar-refractivity contribution in [2.24, 2.45) is 0 Å². The number of hydrogen-bond donors (Lipinski definition) is 0. The standard InChI is InChI=1S/C16H12F2O5S/c1-24(21,22)15-5-3-2-4-11(15)16(20)23-9-14(19)12-8-10(17)6-7-13(12)18/h2-8H,9H2,1H3. The fraction of sp³-hybridized carbons (Fsp3) is 0.125. The molecular formula is C16H12F2O5S. The Morgan fingerprint density at radius 3 is 2.38 bits per heavy atom. The molecule has 0 amide bonds. The Hall–Kier alpha value is -2.61. The topological polar surface area (TPSA) is 77.5 Å². The van der Waals surface area contributed by atoms with Crippen molar-refractivity contribution in [3.05, 3.63) is 65.2 Å². The van der Waals surface area contributed by atoms with Crippen LogP contribution in [0.2, 0.25) is 0 Å². The number of halogens is 2. The summed E-state index contributed by atoms with van der Waals surface area (Å²) in [7, 11) is -3.68. The van der Waals surface area contributed by atoms with Crippen LogP contribution in [-0.4, -0.2) is 33.0 Å². The SMILES string of the molecule is CS(=O)(=O)c1ccccc1C(=O)OCC(=O)c1cc(F)ccc1F. The van der Waals surface area contributed by atoms with Crippen molar-refractivity contribution in [3.63, 3.8) is 0 Å². The average molecular weight is 354 g/mol. The summed E-state index contributed by atoms with van der Waals surface area (Å²) in [5.74, 6) is -3.76. The quantitative estimate of drug-likeness (QED) is 0.609. The number of esters is 1. The molecule has 2 aromatic carbocycles. The number of ketones is 1. The van der Waals surface area contributed by atoms with Crippen LogP contribution in [-0.2, 0) is 14.6 Å². The molecular weight excluding hydrogens is 342 g/mol. The van der Waals surface area contributed by atoms with E-state index in [9.17, 15) is 26.8 Å². The molecule has 0 spiro atoms. The van der Waals surface area contributed by atoms with E-state index in [1.165, 1.54) is 24.3 Å². The molecule has 0 aliphatic heterocycles. The van der Waals surface area contributed by atoms with Gasteiger partial charge in [-0.25, -0.2) is 22.0 Å². The van der Waals surface area contributed by atoms with Crippen molar-refractivity contribution < 1.29 is 31.5 Å². The predicted molar refractivity (Wildman–Crippen MR) is 80.5 cm³/mol. The van der Waals surface area contributed by atoms with Gasteiger partial charge >= 0.3 is 5.97 Å². The van der Waals surface area contributed by atoms with Crippen LogP contribution in [0.4, 0.5) is 8.78 Å². The summed E-state index contributed by atoms with van der Waals surface area (Å²) in [4.78, 5) is 23.6. The van der Waals surface area contributed by atoms with Crippen molar-refractivity contribution >= 4 is 21.6 Å². The third-order valence-electron chi connectivity index (χ3n) is 3.07. The van der Waals surface area contributed by atoms with Gasteiger partial charge in [-0.2, -0.15) is 0 Å². The zero-order chi connectivity index (χ0) is 17.9. The van der Waals surface area contributed by atoms with E-state index < -0.39 is 45.4 Å². The summed E-state index contributed by atoms with van der Waals surface area (Å²) in [6.45, 7) is -0.850. The molecule has 0 aliphatic carbocycles. The molecule has 0 saturated carbocycles. The van der Waals surface area contributed by atoms with Gasteiger partial charge in [0.15, 0.2) is 16.4 Å². The summed E-state index contributed by atoms with van der Waals surface area (Å²) in [5.41, 5.74) is -0.799. The maximum Gasteiger partial charge on any atom is 0.339 e. The van der Waals surface area contributed by atoms with Crippen LogP contribution >= 0.6 is 0 Å². The second kappa shape index (κ2) is 6.88. The molecule has 0 heterocycles. The molecule has 0 fully saturated rings. The Morgan fingerprint density at radius 1 is 1.04 bits per heavy atom. The van der Waals surface area contributed by atoms with Gasteiger partial charge in [0.05, 0.1) is 16.0 Å². The fourth-order valence-electron chi connectivity index (χ4n) is 1.96. The molecule has 2 aromatic rings. The molecule has 5 nitrogen and oxygen atoms in total. The molecule has 0 unspecified atom stereocenters. The zero-order valence-corrected chi connectivity index (χ0v) is 13.3. The van der Waals surface area contributed by atoms with E-state index in [0.717, 1.165) is 18.4 Å². The Morgan fingerprint density at radius 2 is 1.71 bits per heavy atom. The minimum atomic E-state index is -3.68. The lowest BCUT2D eigenvalue weighted by Gasteiger charge is -2.08. The van der Waals surface area contributed by atoms with E-state index in [2.05, 4.69) is 0 Å². The number of sulfone groups is 1. The summed E-state index contributed by atoms with van der Waals surface area (Å²) >= 11 is 0. The van der Waals surface area contributed by atoms with E-state index in [4.69, 9.17) is 4.74 Å². The summed E-state index contributed by atoms with van der Waals surface area (Å²) < 4.78 is 54.5. The van der Waals surface area contributed by atoms with Crippen LogP contribution in [0.1, 0.15) is 20.7 Å². The van der Waals surface area contributed by atoms with Gasteiger partial charge in [0.25, 0.3) is 0 Å². The van der Waals surface area contributed by atoms with Crippen LogP contribution in [0, 0.1) is 11.6 Å². The Balaban J connectivity index is 2.17. The first-order chi connectivity index (χ1) is 11.2. The molecule has 0 aliphatic rings. The van der Waals surface area contributed by atoms with Crippen LogP contribution in [0.5, 0.6) is 0 Å². The van der Waals surface area contributed by atoms with Gasteiger partial charge in [-0.15, -0.1) is 0 Å². The third kappa shape index (κ3) is 4.02. The number of rotatable bonds is 5. The first-order valence-electron chi connectivity index (χ1n) is 6.64. The van der Waals surface area contributed by atoms with Crippen molar-refractivity contribution in [2.45, 2.75) is 4.90 Å². The highest BCUT2D eigenvalue weighted by atomic mass is 32.2. The molecule has 0 aromatic heterocycles. The molecule has 8 heteroatoms. The van der Waals surface area contributed by atoms with Crippen molar-refractivity contribution in [1.29, 1.82) is 0 Å². The van der Waals surface area contributed by atoms with Gasteiger partial charge in [-0.3, -0.25) is 4.79 Å². The molecule has 24 heavy (non-hydrogen) atoms. The van der Waals surface area contributed by atoms with Gasteiger partial charge < -0.3 is 4.74 Å². The number of Topliss-reactive ketones (excluding diaryl/α,β-unsaturated/α-hetero) is 1. The second-order valence-corrected chi connectivity index (χ2v) is 6.88. The Kier molecular flexibility index (Phi) is 5.08. The van der Waals surface area contributed by atoms with E-state index in [0.29, 0.717) is 6.07 Å². The van der Waals surface area contributed by atoms with Gasteiger partial charge in [-0.1, -0.05) is 12.1 Å². The number of hydrogen-bond acceptors (Lipinski definition) is 5. The van der Waals surface area contributed by atoms with E-state index in [-0.39, 0.29) is 10.5 Å². The molecule has 0 bridgehead atoms. The maximum absolute atomic E-state index is 13.5. The molecule has 0 atom stereocenters. The first-order valence-corrected chi connectivity index (χ1v) is 8.54. The fourth-order valence-corrected chi connectivity index (χ4v) is 2.83. The van der Waals surface area contributed by atoms with Crippen molar-refractivity contribution in [1.82, 2.24) is 0 Å². The molecule has 0 radical (unpaired) electrons. The van der Waals surface area contributed by atoms with Gasteiger partial charge in [0.1, 0.15) is 11.6 Å². The smallest absolute Gasteiger partial charge is 0.339 e. The number of carbonyl (C=O) groups is 2. The minimum Gasteiger partial charge on any atom is -0.454 e. The van der Waals surface area contributed by atoms with Gasteiger partial charge in [0, 0.05) is 6.26 Å². The van der Waals surface area contributed by atoms with E-state index >= 15 is 0 Å². The largest absolute Gasteiger partial charge is 0.454 e. The normalized spacial score (nSPS) is 11.1. The lowest BCUT2D eigenvalue weighted by atomic mass is 10.1. The molecule has 2 rings (SSSR count). The first kappa shape index (κ1) is 17.7. The van der Waals surface area contributed by atoms with Crippen molar-refractivity contribution in [3.8, 4) is 0 Å². The highest BCUT2D eigenvalue weighted by molar-refractivity contribution is 7.90. The lowest BCUT2D eigenvalue weighted by molar-refractivity contribution is 0.0469. The van der Waals surface area contributed by atoms with Crippen LogP contribution < -0.4 is 0 Å². The minimum absolute atomic E-state index is 0.243. The zero-order valence-electron chi connectivity index (χ0n) is 12.5. The van der Waals surface area contributed by atoms with Crippen LogP contribution in [0.15, 0.2) is 47.4 Å². The lowest BCUT2D eigenvalue weighted by Crippen LogP contribution is -2.17. The van der Waals surface area contributed by atoms with Gasteiger partial charge in [-0.05, 0) is 30.3 Å². The number of ether oxygens (including phenoxy) is 1. The Labute approximate surface area is 136 Å². The maximum atomic E-state index is 13.5. The van der Waals surface area contributed by atoms with Crippen LogP contribution in [0.25, 0.3) is 0 Å². The van der Waals surface area contributed by atoms with Crippen molar-refractivity contribution in [2.75, 3.05) is 12.9 Å². The molecule has 0 saturated heterocycles. The summed E-state index contributed by atoms with van der Waals surface area (Å²) in [6.07, 6.45) is 0.923. The highest BCUT2D eigenvalue weighted by Crippen LogP contribution is 2.17. The highest BCUT2D eigenvalue weighted by Gasteiger charge is 2.21.